The predicted octanol–water partition coefficient (Wildman–Crippen LogP) is 8.41. The summed E-state index contributed by atoms with van der Waals surface area (Å²) in [6.45, 7) is 2.22. The molecule has 3 nitrogen and oxygen atoms in total. The van der Waals surface area contributed by atoms with E-state index in [9.17, 15) is 9.59 Å². The van der Waals surface area contributed by atoms with Gasteiger partial charge in [0.25, 0.3) is 0 Å². The monoisotopic (exact) mass is 408 g/mol. The molecule has 0 saturated heterocycles. The van der Waals surface area contributed by atoms with Gasteiger partial charge in [-0.2, -0.15) is 0 Å². The minimum absolute atomic E-state index is 0.324. The number of aliphatic carboxylic acids is 1. The third-order valence-electron chi connectivity index (χ3n) is 5.58. The molecule has 0 aromatic heterocycles. The van der Waals surface area contributed by atoms with Crippen molar-refractivity contribution in [2.45, 2.75) is 142 Å². The number of ketones is 1. The van der Waals surface area contributed by atoms with Gasteiger partial charge in [-0.3, -0.25) is 9.59 Å². The average molecular weight is 409 g/mol. The zero-order valence-corrected chi connectivity index (χ0v) is 19.3. The summed E-state index contributed by atoms with van der Waals surface area (Å²) >= 11 is 0. The molecule has 0 aromatic carbocycles. The van der Waals surface area contributed by atoms with E-state index < -0.39 is 5.97 Å². The van der Waals surface area contributed by atoms with Crippen molar-refractivity contribution in [3.63, 3.8) is 0 Å². The minimum Gasteiger partial charge on any atom is -0.481 e. The van der Waals surface area contributed by atoms with Gasteiger partial charge in [0, 0.05) is 19.3 Å². The highest BCUT2D eigenvalue weighted by Crippen LogP contribution is 2.14. The molecule has 0 radical (unpaired) electrons. The second-order valence-corrected chi connectivity index (χ2v) is 8.53. The van der Waals surface area contributed by atoms with Gasteiger partial charge in [-0.1, -0.05) is 103 Å². The van der Waals surface area contributed by atoms with Gasteiger partial charge in [0.1, 0.15) is 5.78 Å². The third-order valence-corrected chi connectivity index (χ3v) is 5.58. The third kappa shape index (κ3) is 24.8. The molecule has 0 rings (SSSR count). The van der Waals surface area contributed by atoms with Crippen molar-refractivity contribution in [1.82, 2.24) is 0 Å². The number of Topliss-reactive ketones (excluding diaryl/α,β-unsaturated/α-hetero) is 1. The first kappa shape index (κ1) is 27.9. The summed E-state index contributed by atoms with van der Waals surface area (Å²) in [6, 6.07) is 0. The molecule has 1 N–H and O–H groups in total. The fraction of sp³-hybridized carbons (Fsp3) is 0.846. The number of carboxylic acids is 1. The summed E-state index contributed by atoms with van der Waals surface area (Å²) < 4.78 is 0. The van der Waals surface area contributed by atoms with Crippen LogP contribution in [0.5, 0.6) is 0 Å². The molecule has 0 fully saturated rings. The standard InChI is InChI=1S/C26H48O3/c1-2-3-4-5-13-16-19-22-25(27)23-20-17-14-11-9-7-6-8-10-12-15-18-21-24-26(28)29/h13,16H,2-12,14-15,17-24H2,1H3,(H,28,29)/b16-13-. The first-order chi connectivity index (χ1) is 14.2. The maximum Gasteiger partial charge on any atom is 0.303 e. The highest BCUT2D eigenvalue weighted by Gasteiger charge is 2.01. The number of allylic oxidation sites excluding steroid dienone is 2. The van der Waals surface area contributed by atoms with Crippen molar-refractivity contribution >= 4 is 11.8 Å². The Balaban J connectivity index is 3.19. The van der Waals surface area contributed by atoms with Crippen LogP contribution in [0.4, 0.5) is 0 Å². The number of carbonyl (C=O) groups excluding carboxylic acids is 1. The Morgan fingerprint density at radius 3 is 1.48 bits per heavy atom. The largest absolute Gasteiger partial charge is 0.481 e. The second-order valence-electron chi connectivity index (χ2n) is 8.53. The van der Waals surface area contributed by atoms with E-state index in [-0.39, 0.29) is 0 Å². The second kappa shape index (κ2) is 23.2. The number of hydrogen-bond donors (Lipinski definition) is 1. The SMILES string of the molecule is CCCCC/C=C\CCC(=O)CCCCCCCCCCCCCCCC(=O)O. The Kier molecular flexibility index (Phi) is 22.3. The van der Waals surface area contributed by atoms with Crippen LogP contribution in [-0.2, 0) is 9.59 Å². The molecule has 0 aromatic rings. The summed E-state index contributed by atoms with van der Waals surface area (Å²) in [5, 5.41) is 8.58. The molecule has 29 heavy (non-hydrogen) atoms. The Labute approximate surface area is 180 Å². The topological polar surface area (TPSA) is 54.4 Å². The van der Waals surface area contributed by atoms with Crippen LogP contribution in [0.1, 0.15) is 142 Å². The normalized spacial score (nSPS) is 11.3. The van der Waals surface area contributed by atoms with Crippen LogP contribution in [-0.4, -0.2) is 16.9 Å². The first-order valence-corrected chi connectivity index (χ1v) is 12.5. The zero-order chi connectivity index (χ0) is 21.4. The molecule has 0 unspecified atom stereocenters. The quantitative estimate of drug-likeness (QED) is 0.136. The Morgan fingerprint density at radius 2 is 1.00 bits per heavy atom. The molecule has 0 aliphatic heterocycles. The Bertz CT molecular complexity index is 401. The molecule has 0 heterocycles. The Morgan fingerprint density at radius 1 is 0.552 bits per heavy atom. The molecule has 0 spiro atoms. The highest BCUT2D eigenvalue weighted by molar-refractivity contribution is 5.78. The van der Waals surface area contributed by atoms with Crippen LogP contribution in [0.2, 0.25) is 0 Å². The summed E-state index contributed by atoms with van der Waals surface area (Å²) in [5.41, 5.74) is 0. The molecular weight excluding hydrogens is 360 g/mol. The zero-order valence-electron chi connectivity index (χ0n) is 19.3. The maximum absolute atomic E-state index is 11.9. The van der Waals surface area contributed by atoms with Gasteiger partial charge in [0.15, 0.2) is 0 Å². The van der Waals surface area contributed by atoms with E-state index in [1.165, 1.54) is 83.5 Å². The fourth-order valence-corrected chi connectivity index (χ4v) is 3.66. The van der Waals surface area contributed by atoms with Crippen LogP contribution >= 0.6 is 0 Å². The van der Waals surface area contributed by atoms with Gasteiger partial charge in [0.2, 0.25) is 0 Å². The molecule has 0 aliphatic carbocycles. The molecule has 3 heteroatoms. The van der Waals surface area contributed by atoms with Gasteiger partial charge in [0.05, 0.1) is 0 Å². The lowest BCUT2D eigenvalue weighted by Crippen LogP contribution is -1.96. The highest BCUT2D eigenvalue weighted by atomic mass is 16.4. The molecule has 0 saturated carbocycles. The van der Waals surface area contributed by atoms with Gasteiger partial charge >= 0.3 is 5.97 Å². The number of rotatable bonds is 23. The van der Waals surface area contributed by atoms with Gasteiger partial charge in [-0.25, -0.2) is 0 Å². The summed E-state index contributed by atoms with van der Waals surface area (Å²) in [7, 11) is 0. The molecule has 0 bridgehead atoms. The van der Waals surface area contributed by atoms with E-state index in [2.05, 4.69) is 19.1 Å². The van der Waals surface area contributed by atoms with Crippen LogP contribution in [0.15, 0.2) is 12.2 Å². The summed E-state index contributed by atoms with van der Waals surface area (Å²) in [4.78, 5) is 22.3. The lowest BCUT2D eigenvalue weighted by Gasteiger charge is -2.03. The fourth-order valence-electron chi connectivity index (χ4n) is 3.66. The summed E-state index contributed by atoms with van der Waals surface area (Å²) in [6.07, 6.45) is 28.0. The van der Waals surface area contributed by atoms with Crippen LogP contribution in [0.3, 0.4) is 0 Å². The van der Waals surface area contributed by atoms with Crippen molar-refractivity contribution in [3.05, 3.63) is 12.2 Å². The minimum atomic E-state index is -0.669. The smallest absolute Gasteiger partial charge is 0.303 e. The molecule has 0 atom stereocenters. The number of carbonyl (C=O) groups is 2. The number of carboxylic acid groups (broad SMARTS) is 1. The van der Waals surface area contributed by atoms with Gasteiger partial charge < -0.3 is 5.11 Å². The van der Waals surface area contributed by atoms with Crippen molar-refractivity contribution < 1.29 is 14.7 Å². The van der Waals surface area contributed by atoms with Crippen molar-refractivity contribution in [1.29, 1.82) is 0 Å². The Hall–Kier alpha value is -1.12. The first-order valence-electron chi connectivity index (χ1n) is 12.5. The average Bonchev–Trinajstić information content (AvgIpc) is 2.70. The summed E-state index contributed by atoms with van der Waals surface area (Å²) in [5.74, 6) is -0.233. The van der Waals surface area contributed by atoms with Crippen molar-refractivity contribution in [2.75, 3.05) is 0 Å². The number of hydrogen-bond acceptors (Lipinski definition) is 2. The van der Waals surface area contributed by atoms with Gasteiger partial charge in [-0.05, 0) is 32.1 Å². The molecule has 0 aliphatic rings. The van der Waals surface area contributed by atoms with E-state index in [0.29, 0.717) is 12.2 Å². The van der Waals surface area contributed by atoms with Gasteiger partial charge in [-0.15, -0.1) is 0 Å². The van der Waals surface area contributed by atoms with E-state index in [1.54, 1.807) is 0 Å². The van der Waals surface area contributed by atoms with Crippen LogP contribution in [0, 0.1) is 0 Å². The molecule has 0 amide bonds. The number of unbranched alkanes of at least 4 members (excludes halogenated alkanes) is 15. The van der Waals surface area contributed by atoms with Crippen LogP contribution < -0.4 is 0 Å². The van der Waals surface area contributed by atoms with E-state index in [0.717, 1.165) is 44.9 Å². The van der Waals surface area contributed by atoms with E-state index in [4.69, 9.17) is 5.11 Å². The maximum atomic E-state index is 11.9. The van der Waals surface area contributed by atoms with Crippen molar-refractivity contribution in [3.8, 4) is 0 Å². The predicted molar refractivity (Wildman–Crippen MR) is 124 cm³/mol. The lowest BCUT2D eigenvalue weighted by atomic mass is 10.0. The van der Waals surface area contributed by atoms with E-state index >= 15 is 0 Å². The molecular formula is C26H48O3. The van der Waals surface area contributed by atoms with Crippen LogP contribution in [0.25, 0.3) is 0 Å². The van der Waals surface area contributed by atoms with E-state index in [1.807, 2.05) is 0 Å². The molecule has 170 valence electrons. The van der Waals surface area contributed by atoms with Crippen molar-refractivity contribution in [2.24, 2.45) is 0 Å². The lowest BCUT2D eigenvalue weighted by molar-refractivity contribution is -0.137.